The quantitative estimate of drug-likeness (QED) is 0.764. The van der Waals surface area contributed by atoms with Crippen LogP contribution >= 0.6 is 0 Å². The minimum atomic E-state index is 0.00623. The first kappa shape index (κ1) is 18.6. The van der Waals surface area contributed by atoms with Crippen LogP contribution in [0, 0.1) is 19.8 Å². The number of amides is 2. The van der Waals surface area contributed by atoms with Gasteiger partial charge in [-0.15, -0.1) is 0 Å². The van der Waals surface area contributed by atoms with Crippen LogP contribution in [0.2, 0.25) is 0 Å². The fraction of sp³-hybridized carbons (Fsp3) is 0.684. The molecule has 2 amide bonds. The van der Waals surface area contributed by atoms with E-state index in [1.54, 1.807) is 18.5 Å². The molecular formula is C19H28N4O3. The first-order chi connectivity index (χ1) is 12.3. The minimum Gasteiger partial charge on any atom is -0.341 e. The number of hydrogen-bond donors (Lipinski definition) is 0. The van der Waals surface area contributed by atoms with Gasteiger partial charge in [-0.2, -0.15) is 5.10 Å². The van der Waals surface area contributed by atoms with Gasteiger partial charge in [-0.3, -0.25) is 19.1 Å². The Morgan fingerprint density at radius 3 is 2.42 bits per heavy atom. The molecule has 0 aliphatic carbocycles. The monoisotopic (exact) mass is 360 g/mol. The van der Waals surface area contributed by atoms with Gasteiger partial charge >= 0.3 is 0 Å². The van der Waals surface area contributed by atoms with Crippen LogP contribution in [0.4, 0.5) is 0 Å². The standard InChI is InChI=1S/C19H28N4O3/c1-12-19(14(3)24)13(2)23(20-12)8-7-18(26)22-10-16-5-6-17(22)11-21(9-16)15(4)25/h16-17H,5-11H2,1-4H3/t16-,17+/m0/s1. The molecule has 0 saturated carbocycles. The summed E-state index contributed by atoms with van der Waals surface area (Å²) >= 11 is 0. The van der Waals surface area contributed by atoms with E-state index in [-0.39, 0.29) is 23.6 Å². The Morgan fingerprint density at radius 2 is 1.81 bits per heavy atom. The molecule has 0 radical (unpaired) electrons. The molecule has 0 aromatic carbocycles. The molecule has 7 heteroatoms. The SMILES string of the molecule is CC(=O)c1c(C)nn(CCC(=O)N2C[C@H]3CC[C@@H]2CN(C(C)=O)C3)c1C. The van der Waals surface area contributed by atoms with E-state index in [0.29, 0.717) is 36.7 Å². The zero-order valence-electron chi connectivity index (χ0n) is 16.1. The first-order valence-corrected chi connectivity index (χ1v) is 9.37. The Kier molecular flexibility index (Phi) is 5.16. The molecule has 4 heterocycles. The van der Waals surface area contributed by atoms with E-state index in [9.17, 15) is 14.4 Å². The second-order valence-electron chi connectivity index (χ2n) is 7.64. The molecule has 3 aliphatic rings. The van der Waals surface area contributed by atoms with Crippen LogP contribution in [0.3, 0.4) is 0 Å². The van der Waals surface area contributed by atoms with Crippen molar-refractivity contribution in [1.82, 2.24) is 19.6 Å². The number of hydrogen-bond acceptors (Lipinski definition) is 4. The lowest BCUT2D eigenvalue weighted by atomic mass is 9.94. The summed E-state index contributed by atoms with van der Waals surface area (Å²) in [4.78, 5) is 40.2. The molecule has 0 N–H and O–H groups in total. The van der Waals surface area contributed by atoms with Gasteiger partial charge in [-0.25, -0.2) is 0 Å². The summed E-state index contributed by atoms with van der Waals surface area (Å²) in [6, 6.07) is 0.124. The Balaban J connectivity index is 1.67. The average Bonchev–Trinajstić information content (AvgIpc) is 2.75. The molecule has 4 rings (SSSR count). The van der Waals surface area contributed by atoms with E-state index in [1.165, 1.54) is 0 Å². The number of ketones is 1. The third-order valence-electron chi connectivity index (χ3n) is 5.75. The maximum absolute atomic E-state index is 12.8. The lowest BCUT2D eigenvalue weighted by Crippen LogP contribution is -2.47. The van der Waals surface area contributed by atoms with Crippen molar-refractivity contribution < 1.29 is 14.4 Å². The van der Waals surface area contributed by atoms with Gasteiger partial charge < -0.3 is 9.80 Å². The van der Waals surface area contributed by atoms with Crippen molar-refractivity contribution in [3.05, 3.63) is 17.0 Å². The van der Waals surface area contributed by atoms with Gasteiger partial charge in [0.25, 0.3) is 0 Å². The van der Waals surface area contributed by atoms with Crippen LogP contribution in [0.25, 0.3) is 0 Å². The maximum atomic E-state index is 12.8. The third kappa shape index (κ3) is 3.52. The van der Waals surface area contributed by atoms with Crippen molar-refractivity contribution in [2.75, 3.05) is 19.6 Å². The van der Waals surface area contributed by atoms with E-state index < -0.39 is 0 Å². The normalized spacial score (nSPS) is 22.5. The number of carbonyl (C=O) groups is 3. The van der Waals surface area contributed by atoms with Crippen LogP contribution in [0.5, 0.6) is 0 Å². The number of carbonyl (C=O) groups excluding carboxylic acids is 3. The average molecular weight is 360 g/mol. The number of piperidine rings is 1. The van der Waals surface area contributed by atoms with Gasteiger partial charge in [0.2, 0.25) is 11.8 Å². The zero-order chi connectivity index (χ0) is 19.0. The predicted molar refractivity (Wildman–Crippen MR) is 96.8 cm³/mol. The Hall–Kier alpha value is -2.18. The van der Waals surface area contributed by atoms with Crippen LogP contribution in [-0.4, -0.2) is 62.9 Å². The number of fused-ring (bicyclic) bond motifs is 4. The number of aromatic nitrogens is 2. The van der Waals surface area contributed by atoms with Gasteiger partial charge in [0, 0.05) is 51.3 Å². The highest BCUT2D eigenvalue weighted by molar-refractivity contribution is 5.96. The second kappa shape index (κ2) is 7.21. The Labute approximate surface area is 154 Å². The number of nitrogens with zero attached hydrogens (tertiary/aromatic N) is 4. The first-order valence-electron chi connectivity index (χ1n) is 9.37. The molecule has 7 nitrogen and oxygen atoms in total. The lowest BCUT2D eigenvalue weighted by Gasteiger charge is -2.36. The van der Waals surface area contributed by atoms with Gasteiger partial charge in [0.1, 0.15) is 0 Å². The van der Waals surface area contributed by atoms with Crippen LogP contribution in [-0.2, 0) is 16.1 Å². The van der Waals surface area contributed by atoms with Crippen LogP contribution in [0.1, 0.15) is 54.9 Å². The van der Waals surface area contributed by atoms with Gasteiger partial charge in [0.15, 0.2) is 5.78 Å². The molecule has 26 heavy (non-hydrogen) atoms. The highest BCUT2D eigenvalue weighted by Crippen LogP contribution is 2.28. The van der Waals surface area contributed by atoms with E-state index in [2.05, 4.69) is 5.10 Å². The van der Waals surface area contributed by atoms with Crippen molar-refractivity contribution in [3.8, 4) is 0 Å². The van der Waals surface area contributed by atoms with Crippen molar-refractivity contribution in [2.24, 2.45) is 5.92 Å². The zero-order valence-corrected chi connectivity index (χ0v) is 16.1. The van der Waals surface area contributed by atoms with E-state index >= 15 is 0 Å². The number of Topliss-reactive ketones (excluding diaryl/α,β-unsaturated/α-hetero) is 1. The van der Waals surface area contributed by atoms with Gasteiger partial charge in [-0.05, 0) is 39.5 Å². The summed E-state index contributed by atoms with van der Waals surface area (Å²) in [6.07, 6.45) is 2.41. The number of rotatable bonds is 4. The fourth-order valence-corrected chi connectivity index (χ4v) is 4.41. The maximum Gasteiger partial charge on any atom is 0.224 e. The molecular weight excluding hydrogens is 332 g/mol. The molecule has 2 atom stereocenters. The molecule has 3 aliphatic heterocycles. The molecule has 0 unspecified atom stereocenters. The topological polar surface area (TPSA) is 75.5 Å². The lowest BCUT2D eigenvalue weighted by molar-refractivity contribution is -0.136. The summed E-state index contributed by atoms with van der Waals surface area (Å²) < 4.78 is 1.77. The van der Waals surface area contributed by atoms with Gasteiger partial charge in [-0.1, -0.05) is 0 Å². The summed E-state index contributed by atoms with van der Waals surface area (Å²) in [5.74, 6) is 0.587. The van der Waals surface area contributed by atoms with E-state index in [0.717, 1.165) is 31.6 Å². The minimum absolute atomic E-state index is 0.00623. The summed E-state index contributed by atoms with van der Waals surface area (Å²) in [5.41, 5.74) is 2.19. The van der Waals surface area contributed by atoms with Crippen molar-refractivity contribution >= 4 is 17.6 Å². The molecule has 3 fully saturated rings. The molecule has 0 spiro atoms. The summed E-state index contributed by atoms with van der Waals surface area (Å²) in [5, 5.41) is 4.42. The molecule has 1 aromatic heterocycles. The molecule has 3 saturated heterocycles. The van der Waals surface area contributed by atoms with Gasteiger partial charge in [0.05, 0.1) is 11.3 Å². The van der Waals surface area contributed by atoms with E-state index in [1.807, 2.05) is 23.6 Å². The second-order valence-corrected chi connectivity index (χ2v) is 7.64. The summed E-state index contributed by atoms with van der Waals surface area (Å²) in [7, 11) is 0. The Bertz CT molecular complexity index is 739. The predicted octanol–water partition coefficient (Wildman–Crippen LogP) is 1.56. The largest absolute Gasteiger partial charge is 0.341 e. The van der Waals surface area contributed by atoms with Crippen LogP contribution in [0.15, 0.2) is 0 Å². The van der Waals surface area contributed by atoms with E-state index in [4.69, 9.17) is 0 Å². The smallest absolute Gasteiger partial charge is 0.224 e. The highest BCUT2D eigenvalue weighted by atomic mass is 16.2. The van der Waals surface area contributed by atoms with Crippen LogP contribution < -0.4 is 0 Å². The fourth-order valence-electron chi connectivity index (χ4n) is 4.41. The highest BCUT2D eigenvalue weighted by Gasteiger charge is 2.37. The Morgan fingerprint density at radius 1 is 1.08 bits per heavy atom. The third-order valence-corrected chi connectivity index (χ3v) is 5.75. The van der Waals surface area contributed by atoms with Crippen molar-refractivity contribution in [1.29, 1.82) is 0 Å². The molecule has 2 bridgehead atoms. The van der Waals surface area contributed by atoms with Crippen molar-refractivity contribution in [3.63, 3.8) is 0 Å². The van der Waals surface area contributed by atoms with Crippen molar-refractivity contribution in [2.45, 2.75) is 59.5 Å². The molecule has 142 valence electrons. The number of aryl methyl sites for hydroxylation is 2. The summed E-state index contributed by atoms with van der Waals surface area (Å²) in [6.45, 7) is 9.47. The molecule has 1 aromatic rings.